The number of hydrogen-bond acceptors (Lipinski definition) is 2. The molecule has 0 spiro atoms. The summed E-state index contributed by atoms with van der Waals surface area (Å²) in [7, 11) is 0. The van der Waals surface area contributed by atoms with Crippen LogP contribution in [0, 0.1) is 6.92 Å². The Hall–Kier alpha value is -1.22. The summed E-state index contributed by atoms with van der Waals surface area (Å²) in [5.41, 5.74) is 2.01. The van der Waals surface area contributed by atoms with Gasteiger partial charge in [-0.3, -0.25) is 4.79 Å². The number of carbonyl (C=O) groups excluding carboxylic acids is 1. The summed E-state index contributed by atoms with van der Waals surface area (Å²) in [5.74, 6) is 1.03. The molecule has 0 atom stereocenters. The zero-order chi connectivity index (χ0) is 16.1. The molecule has 1 amide bonds. The van der Waals surface area contributed by atoms with Gasteiger partial charge in [0, 0.05) is 11.1 Å². The average molecular weight is 324 g/mol. The van der Waals surface area contributed by atoms with Gasteiger partial charge in [0.15, 0.2) is 6.61 Å². The molecule has 1 aliphatic rings. The summed E-state index contributed by atoms with van der Waals surface area (Å²) in [6.07, 6.45) is 5.87. The zero-order valence-electron chi connectivity index (χ0n) is 13.7. The minimum Gasteiger partial charge on any atom is -0.483 e. The Bertz CT molecular complexity index is 522. The number of halogens is 1. The van der Waals surface area contributed by atoms with Crippen LogP contribution in [0.5, 0.6) is 5.75 Å². The molecule has 4 heteroatoms. The summed E-state index contributed by atoms with van der Waals surface area (Å²) >= 11 is 6.25. The monoisotopic (exact) mass is 323 g/mol. The maximum absolute atomic E-state index is 12.0. The van der Waals surface area contributed by atoms with Crippen LogP contribution in [-0.4, -0.2) is 18.6 Å². The standard InChI is InChI=1S/C18H26ClNO2/c1-12(2)15-10-17(13(3)9-16(15)19)22-11-18(21)20-14-7-5-4-6-8-14/h9-10,12,14H,4-8,11H2,1-3H3,(H,20,21). The Labute approximate surface area is 138 Å². The van der Waals surface area contributed by atoms with E-state index in [-0.39, 0.29) is 12.5 Å². The summed E-state index contributed by atoms with van der Waals surface area (Å²) in [6, 6.07) is 4.18. The van der Waals surface area contributed by atoms with Crippen molar-refractivity contribution in [2.45, 2.75) is 64.8 Å². The number of aryl methyl sites for hydroxylation is 1. The summed E-state index contributed by atoms with van der Waals surface area (Å²) in [4.78, 5) is 12.0. The van der Waals surface area contributed by atoms with E-state index in [1.54, 1.807) is 0 Å². The summed E-state index contributed by atoms with van der Waals surface area (Å²) in [5, 5.41) is 3.82. The van der Waals surface area contributed by atoms with Gasteiger partial charge >= 0.3 is 0 Å². The van der Waals surface area contributed by atoms with E-state index in [1.807, 2.05) is 19.1 Å². The lowest BCUT2D eigenvalue weighted by atomic mass is 9.95. The minimum absolute atomic E-state index is 0.0349. The van der Waals surface area contributed by atoms with Gasteiger partial charge in [0.25, 0.3) is 5.91 Å². The second kappa shape index (κ2) is 7.87. The molecule has 0 aliphatic heterocycles. The molecule has 0 bridgehead atoms. The lowest BCUT2D eigenvalue weighted by molar-refractivity contribution is -0.124. The molecule has 1 saturated carbocycles. The molecule has 0 saturated heterocycles. The first-order valence-corrected chi connectivity index (χ1v) is 8.57. The predicted octanol–water partition coefficient (Wildman–Crippen LogP) is 4.60. The normalized spacial score (nSPS) is 15.9. The maximum atomic E-state index is 12.0. The first kappa shape index (κ1) is 17.1. The highest BCUT2D eigenvalue weighted by Gasteiger charge is 2.16. The average Bonchev–Trinajstić information content (AvgIpc) is 2.47. The molecule has 1 aliphatic carbocycles. The van der Waals surface area contributed by atoms with E-state index in [4.69, 9.17) is 16.3 Å². The van der Waals surface area contributed by atoms with Gasteiger partial charge in [-0.05, 0) is 48.9 Å². The van der Waals surface area contributed by atoms with E-state index in [0.717, 1.165) is 34.7 Å². The van der Waals surface area contributed by atoms with Gasteiger partial charge in [-0.15, -0.1) is 0 Å². The van der Waals surface area contributed by atoms with E-state index in [9.17, 15) is 4.79 Å². The third kappa shape index (κ3) is 4.64. The summed E-state index contributed by atoms with van der Waals surface area (Å²) < 4.78 is 5.72. The van der Waals surface area contributed by atoms with Crippen LogP contribution in [0.1, 0.15) is 63.0 Å². The van der Waals surface area contributed by atoms with Crippen LogP contribution in [0.2, 0.25) is 5.02 Å². The number of rotatable bonds is 5. The molecule has 0 heterocycles. The van der Waals surface area contributed by atoms with Crippen molar-refractivity contribution in [3.63, 3.8) is 0 Å². The molecule has 0 radical (unpaired) electrons. The van der Waals surface area contributed by atoms with Crippen molar-refractivity contribution in [2.24, 2.45) is 0 Å². The van der Waals surface area contributed by atoms with Crippen LogP contribution >= 0.6 is 11.6 Å². The van der Waals surface area contributed by atoms with Crippen molar-refractivity contribution in [2.75, 3.05) is 6.61 Å². The van der Waals surface area contributed by atoms with Crippen molar-refractivity contribution in [1.82, 2.24) is 5.32 Å². The lowest BCUT2D eigenvalue weighted by Gasteiger charge is -2.23. The van der Waals surface area contributed by atoms with Crippen LogP contribution in [-0.2, 0) is 4.79 Å². The van der Waals surface area contributed by atoms with Crippen molar-refractivity contribution in [1.29, 1.82) is 0 Å². The Balaban J connectivity index is 1.93. The van der Waals surface area contributed by atoms with E-state index in [0.29, 0.717) is 12.0 Å². The fourth-order valence-corrected chi connectivity index (χ4v) is 3.36. The molecule has 1 aromatic carbocycles. The quantitative estimate of drug-likeness (QED) is 0.860. The molecular formula is C18H26ClNO2. The van der Waals surface area contributed by atoms with Gasteiger partial charge in [0.2, 0.25) is 0 Å². The molecule has 3 nitrogen and oxygen atoms in total. The second-order valence-electron chi connectivity index (χ2n) is 6.49. The van der Waals surface area contributed by atoms with Crippen molar-refractivity contribution >= 4 is 17.5 Å². The first-order valence-electron chi connectivity index (χ1n) is 8.19. The number of amides is 1. The highest BCUT2D eigenvalue weighted by molar-refractivity contribution is 6.31. The Morgan fingerprint density at radius 2 is 2.00 bits per heavy atom. The topological polar surface area (TPSA) is 38.3 Å². The Kier molecular flexibility index (Phi) is 6.13. The van der Waals surface area contributed by atoms with Gasteiger partial charge in [-0.2, -0.15) is 0 Å². The number of nitrogens with one attached hydrogen (secondary N) is 1. The van der Waals surface area contributed by atoms with Crippen LogP contribution in [0.25, 0.3) is 0 Å². The molecular weight excluding hydrogens is 298 g/mol. The Morgan fingerprint density at radius 1 is 1.32 bits per heavy atom. The van der Waals surface area contributed by atoms with Gasteiger partial charge in [-0.1, -0.05) is 44.7 Å². The highest BCUT2D eigenvalue weighted by Crippen LogP contribution is 2.31. The predicted molar refractivity (Wildman–Crippen MR) is 90.8 cm³/mol. The molecule has 0 aromatic heterocycles. The Morgan fingerprint density at radius 3 is 2.64 bits per heavy atom. The van der Waals surface area contributed by atoms with E-state index >= 15 is 0 Å². The molecule has 1 fully saturated rings. The van der Waals surface area contributed by atoms with Crippen molar-refractivity contribution < 1.29 is 9.53 Å². The van der Waals surface area contributed by atoms with E-state index < -0.39 is 0 Å². The van der Waals surface area contributed by atoms with Crippen LogP contribution in [0.4, 0.5) is 0 Å². The molecule has 122 valence electrons. The van der Waals surface area contributed by atoms with E-state index in [2.05, 4.69) is 19.2 Å². The van der Waals surface area contributed by atoms with Gasteiger partial charge in [0.1, 0.15) is 5.75 Å². The van der Waals surface area contributed by atoms with E-state index in [1.165, 1.54) is 19.3 Å². The fourth-order valence-electron chi connectivity index (χ4n) is 2.93. The molecule has 0 unspecified atom stereocenters. The first-order chi connectivity index (χ1) is 10.5. The minimum atomic E-state index is -0.0349. The fraction of sp³-hybridized carbons (Fsp3) is 0.611. The third-order valence-corrected chi connectivity index (χ3v) is 4.57. The largest absolute Gasteiger partial charge is 0.483 e. The van der Waals surface area contributed by atoms with Crippen molar-refractivity contribution in [3.8, 4) is 5.75 Å². The number of carbonyl (C=O) groups is 1. The van der Waals surface area contributed by atoms with Gasteiger partial charge in [0.05, 0.1) is 0 Å². The smallest absolute Gasteiger partial charge is 0.258 e. The zero-order valence-corrected chi connectivity index (χ0v) is 14.5. The van der Waals surface area contributed by atoms with Crippen LogP contribution in [0.3, 0.4) is 0 Å². The van der Waals surface area contributed by atoms with Gasteiger partial charge in [-0.25, -0.2) is 0 Å². The number of benzene rings is 1. The third-order valence-electron chi connectivity index (χ3n) is 4.25. The van der Waals surface area contributed by atoms with Gasteiger partial charge < -0.3 is 10.1 Å². The molecule has 1 N–H and O–H groups in total. The molecule has 1 aromatic rings. The molecule has 22 heavy (non-hydrogen) atoms. The van der Waals surface area contributed by atoms with Crippen LogP contribution < -0.4 is 10.1 Å². The lowest BCUT2D eigenvalue weighted by Crippen LogP contribution is -2.39. The second-order valence-corrected chi connectivity index (χ2v) is 6.89. The van der Waals surface area contributed by atoms with Crippen LogP contribution in [0.15, 0.2) is 12.1 Å². The van der Waals surface area contributed by atoms with Crippen molar-refractivity contribution in [3.05, 3.63) is 28.3 Å². The number of ether oxygens (including phenoxy) is 1. The maximum Gasteiger partial charge on any atom is 0.258 e. The highest BCUT2D eigenvalue weighted by atomic mass is 35.5. The summed E-state index contributed by atoms with van der Waals surface area (Å²) in [6.45, 7) is 6.20. The SMILES string of the molecule is Cc1cc(Cl)c(C(C)C)cc1OCC(=O)NC1CCCCC1. The molecule has 2 rings (SSSR count). The number of hydrogen-bond donors (Lipinski definition) is 1.